The van der Waals surface area contributed by atoms with Crippen LogP contribution in [0.2, 0.25) is 0 Å². The fourth-order valence-electron chi connectivity index (χ4n) is 2.90. The fourth-order valence-corrected chi connectivity index (χ4v) is 3.57. The van der Waals surface area contributed by atoms with Crippen LogP contribution in [0.1, 0.15) is 32.1 Å². The van der Waals surface area contributed by atoms with E-state index < -0.39 is 9.84 Å². The zero-order valence-electron chi connectivity index (χ0n) is 13.2. The molecule has 0 atom stereocenters. The molecule has 0 aliphatic heterocycles. The summed E-state index contributed by atoms with van der Waals surface area (Å²) in [5, 5.41) is 3.40. The Bertz CT molecular complexity index is 784. The van der Waals surface area contributed by atoms with E-state index in [0.717, 1.165) is 24.1 Å². The van der Waals surface area contributed by atoms with E-state index in [1.165, 1.54) is 25.5 Å². The molecular weight excluding hydrogens is 310 g/mol. The third-order valence-electron chi connectivity index (χ3n) is 4.15. The summed E-state index contributed by atoms with van der Waals surface area (Å²) in [5.41, 5.74) is 1.51. The van der Waals surface area contributed by atoms with Crippen LogP contribution in [0, 0.1) is 0 Å². The summed E-state index contributed by atoms with van der Waals surface area (Å²) in [7, 11) is -3.23. The van der Waals surface area contributed by atoms with Crippen LogP contribution in [0.15, 0.2) is 41.4 Å². The Kier molecular flexibility index (Phi) is 4.61. The summed E-state index contributed by atoms with van der Waals surface area (Å²) in [6.45, 7) is 0. The van der Waals surface area contributed by atoms with Crippen molar-refractivity contribution in [3.8, 4) is 11.3 Å². The smallest absolute Gasteiger partial charge is 0.223 e. The molecule has 1 aromatic carbocycles. The van der Waals surface area contributed by atoms with Crippen LogP contribution < -0.4 is 5.32 Å². The van der Waals surface area contributed by atoms with Gasteiger partial charge in [-0.05, 0) is 31.0 Å². The number of anilines is 1. The lowest BCUT2D eigenvalue weighted by Gasteiger charge is -2.22. The minimum Gasteiger partial charge on any atom is -0.351 e. The highest BCUT2D eigenvalue weighted by molar-refractivity contribution is 7.90. The monoisotopic (exact) mass is 331 g/mol. The number of sulfone groups is 1. The third kappa shape index (κ3) is 4.07. The molecular formula is C17H21N3O2S. The van der Waals surface area contributed by atoms with Gasteiger partial charge in [0.15, 0.2) is 9.84 Å². The second kappa shape index (κ2) is 6.66. The van der Waals surface area contributed by atoms with Crippen molar-refractivity contribution in [1.29, 1.82) is 0 Å². The van der Waals surface area contributed by atoms with Crippen LogP contribution in [0.5, 0.6) is 0 Å². The van der Waals surface area contributed by atoms with Gasteiger partial charge in [0.2, 0.25) is 5.95 Å². The van der Waals surface area contributed by atoms with Crippen LogP contribution in [0.3, 0.4) is 0 Å². The highest BCUT2D eigenvalue weighted by Crippen LogP contribution is 2.23. The molecule has 5 nitrogen and oxygen atoms in total. The molecule has 0 saturated heterocycles. The van der Waals surface area contributed by atoms with Gasteiger partial charge in [-0.15, -0.1) is 0 Å². The van der Waals surface area contributed by atoms with E-state index in [1.807, 2.05) is 6.07 Å². The zero-order chi connectivity index (χ0) is 16.3. The topological polar surface area (TPSA) is 72.0 Å². The Labute approximate surface area is 137 Å². The van der Waals surface area contributed by atoms with Crippen molar-refractivity contribution in [3.05, 3.63) is 36.5 Å². The van der Waals surface area contributed by atoms with Crippen LogP contribution in [-0.2, 0) is 9.84 Å². The second-order valence-corrected chi connectivity index (χ2v) is 8.06. The van der Waals surface area contributed by atoms with Crippen molar-refractivity contribution in [3.63, 3.8) is 0 Å². The van der Waals surface area contributed by atoms with Gasteiger partial charge in [0.25, 0.3) is 0 Å². The van der Waals surface area contributed by atoms with Gasteiger partial charge in [0, 0.05) is 24.1 Å². The first kappa shape index (κ1) is 15.9. The first-order valence-electron chi connectivity index (χ1n) is 7.92. The second-order valence-electron chi connectivity index (χ2n) is 6.04. The number of nitrogens with one attached hydrogen (secondary N) is 1. The number of rotatable bonds is 4. The number of benzene rings is 1. The lowest BCUT2D eigenvalue weighted by Crippen LogP contribution is -2.23. The molecule has 1 aliphatic carbocycles. The maximum Gasteiger partial charge on any atom is 0.223 e. The molecule has 0 spiro atoms. The Morgan fingerprint density at radius 3 is 2.65 bits per heavy atom. The van der Waals surface area contributed by atoms with Gasteiger partial charge in [0.1, 0.15) is 0 Å². The minimum absolute atomic E-state index is 0.301. The average molecular weight is 331 g/mol. The molecule has 1 aliphatic rings. The van der Waals surface area contributed by atoms with Gasteiger partial charge < -0.3 is 5.32 Å². The Morgan fingerprint density at radius 2 is 1.91 bits per heavy atom. The highest BCUT2D eigenvalue weighted by Gasteiger charge is 2.15. The largest absolute Gasteiger partial charge is 0.351 e. The van der Waals surface area contributed by atoms with Gasteiger partial charge >= 0.3 is 0 Å². The van der Waals surface area contributed by atoms with E-state index in [4.69, 9.17) is 0 Å². The van der Waals surface area contributed by atoms with E-state index in [0.29, 0.717) is 16.9 Å². The molecule has 122 valence electrons. The van der Waals surface area contributed by atoms with Crippen molar-refractivity contribution >= 4 is 15.8 Å². The zero-order valence-corrected chi connectivity index (χ0v) is 14.0. The third-order valence-corrected chi connectivity index (χ3v) is 5.26. The van der Waals surface area contributed by atoms with Gasteiger partial charge in [0.05, 0.1) is 10.6 Å². The summed E-state index contributed by atoms with van der Waals surface area (Å²) >= 11 is 0. The lowest BCUT2D eigenvalue weighted by atomic mass is 9.96. The lowest BCUT2D eigenvalue weighted by molar-refractivity contribution is 0.461. The predicted octanol–water partition coefficient (Wildman–Crippen LogP) is 3.29. The summed E-state index contributed by atoms with van der Waals surface area (Å²) in [5.74, 6) is 0.610. The van der Waals surface area contributed by atoms with Crippen LogP contribution in [-0.4, -0.2) is 30.7 Å². The van der Waals surface area contributed by atoms with Gasteiger partial charge in [-0.1, -0.05) is 31.4 Å². The molecule has 2 aromatic rings. The molecule has 1 heterocycles. The van der Waals surface area contributed by atoms with Crippen LogP contribution >= 0.6 is 0 Å². The quantitative estimate of drug-likeness (QED) is 0.931. The molecule has 1 saturated carbocycles. The molecule has 1 N–H and O–H groups in total. The van der Waals surface area contributed by atoms with E-state index >= 15 is 0 Å². The summed E-state index contributed by atoms with van der Waals surface area (Å²) in [6.07, 6.45) is 9.01. The van der Waals surface area contributed by atoms with E-state index in [1.54, 1.807) is 30.5 Å². The number of aromatic nitrogens is 2. The van der Waals surface area contributed by atoms with Crippen molar-refractivity contribution < 1.29 is 8.42 Å². The highest BCUT2D eigenvalue weighted by atomic mass is 32.2. The first-order valence-corrected chi connectivity index (χ1v) is 9.81. The van der Waals surface area contributed by atoms with Crippen molar-refractivity contribution in [2.24, 2.45) is 0 Å². The Morgan fingerprint density at radius 1 is 1.13 bits per heavy atom. The molecule has 1 aromatic heterocycles. The Balaban J connectivity index is 1.84. The standard InChI is InChI=1S/C17H21N3O2S/c1-23(21,22)15-9-5-6-13(12-15)16-10-11-18-17(20-16)19-14-7-3-2-4-8-14/h5-6,9-12,14H,2-4,7-8H2,1H3,(H,18,19,20). The molecule has 3 rings (SSSR count). The predicted molar refractivity (Wildman–Crippen MR) is 91.1 cm³/mol. The van der Waals surface area contributed by atoms with Gasteiger partial charge in [-0.3, -0.25) is 0 Å². The fraction of sp³-hybridized carbons (Fsp3) is 0.412. The molecule has 6 heteroatoms. The normalized spacial score (nSPS) is 16.2. The summed E-state index contributed by atoms with van der Waals surface area (Å²) in [6, 6.07) is 9.08. The van der Waals surface area contributed by atoms with Crippen LogP contribution in [0.25, 0.3) is 11.3 Å². The van der Waals surface area contributed by atoms with E-state index in [-0.39, 0.29) is 0 Å². The minimum atomic E-state index is -3.23. The SMILES string of the molecule is CS(=O)(=O)c1cccc(-c2ccnc(NC3CCCCC3)n2)c1. The molecule has 0 unspecified atom stereocenters. The first-order chi connectivity index (χ1) is 11.0. The summed E-state index contributed by atoms with van der Waals surface area (Å²) < 4.78 is 23.4. The van der Waals surface area contributed by atoms with E-state index in [2.05, 4.69) is 15.3 Å². The number of hydrogen-bond donors (Lipinski definition) is 1. The van der Waals surface area contributed by atoms with E-state index in [9.17, 15) is 8.42 Å². The van der Waals surface area contributed by atoms with Crippen molar-refractivity contribution in [2.75, 3.05) is 11.6 Å². The molecule has 23 heavy (non-hydrogen) atoms. The molecule has 0 bridgehead atoms. The number of hydrogen-bond acceptors (Lipinski definition) is 5. The van der Waals surface area contributed by atoms with Crippen LogP contribution in [0.4, 0.5) is 5.95 Å². The van der Waals surface area contributed by atoms with Crippen molar-refractivity contribution in [1.82, 2.24) is 9.97 Å². The van der Waals surface area contributed by atoms with Gasteiger partial charge in [-0.2, -0.15) is 0 Å². The van der Waals surface area contributed by atoms with Gasteiger partial charge in [-0.25, -0.2) is 18.4 Å². The molecule has 1 fully saturated rings. The molecule has 0 radical (unpaired) electrons. The summed E-state index contributed by atoms with van der Waals surface area (Å²) in [4.78, 5) is 9.13. The Hall–Kier alpha value is -1.95. The average Bonchev–Trinajstić information content (AvgIpc) is 2.55. The maximum absolute atomic E-state index is 11.7. The van der Waals surface area contributed by atoms with Crippen molar-refractivity contribution in [2.45, 2.75) is 43.0 Å². The number of nitrogens with zero attached hydrogens (tertiary/aromatic N) is 2. The molecule has 0 amide bonds. The maximum atomic E-state index is 11.7.